The Balaban J connectivity index is 1.41. The van der Waals surface area contributed by atoms with E-state index in [1.54, 1.807) is 0 Å². The quantitative estimate of drug-likeness (QED) is 0.678. The minimum atomic E-state index is 0.792. The van der Waals surface area contributed by atoms with Crippen molar-refractivity contribution >= 4 is 11.4 Å². The van der Waals surface area contributed by atoms with Crippen LogP contribution in [0.3, 0.4) is 0 Å². The van der Waals surface area contributed by atoms with E-state index in [-0.39, 0.29) is 0 Å². The van der Waals surface area contributed by atoms with Crippen molar-refractivity contribution in [2.24, 2.45) is 0 Å². The molecule has 0 N–H and O–H groups in total. The third kappa shape index (κ3) is 5.23. The van der Waals surface area contributed by atoms with Crippen LogP contribution in [0.4, 0.5) is 11.4 Å². The van der Waals surface area contributed by atoms with Gasteiger partial charge in [0.05, 0.1) is 51.1 Å². The van der Waals surface area contributed by atoms with E-state index < -0.39 is 0 Å². The number of rotatable bonds is 6. The molecule has 3 fully saturated rings. The van der Waals surface area contributed by atoms with Crippen LogP contribution in [0.2, 0.25) is 0 Å². The second-order valence-electron chi connectivity index (χ2n) is 8.51. The SMILES string of the molecule is c1ccc(N2CN(CN3CCOCC3)N(c3ccccc3)CN2CN2CCOCC2)cc1. The van der Waals surface area contributed by atoms with E-state index in [0.717, 1.165) is 79.3 Å². The lowest BCUT2D eigenvalue weighted by Crippen LogP contribution is -2.68. The van der Waals surface area contributed by atoms with Gasteiger partial charge in [0.15, 0.2) is 0 Å². The van der Waals surface area contributed by atoms with E-state index in [0.29, 0.717) is 0 Å². The molecule has 3 aliphatic heterocycles. The molecule has 0 atom stereocenters. The van der Waals surface area contributed by atoms with Crippen molar-refractivity contribution in [3.8, 4) is 0 Å². The minimum Gasteiger partial charge on any atom is -0.379 e. The van der Waals surface area contributed by atoms with Crippen molar-refractivity contribution in [1.82, 2.24) is 19.8 Å². The van der Waals surface area contributed by atoms with Crippen LogP contribution < -0.4 is 10.0 Å². The molecule has 2 aromatic rings. The number of para-hydroxylation sites is 2. The third-order valence-electron chi connectivity index (χ3n) is 6.32. The fraction of sp³-hybridized carbons (Fsp3) is 0.500. The highest BCUT2D eigenvalue weighted by Crippen LogP contribution is 2.26. The van der Waals surface area contributed by atoms with Crippen molar-refractivity contribution in [1.29, 1.82) is 0 Å². The lowest BCUT2D eigenvalue weighted by molar-refractivity contribution is -0.0331. The van der Waals surface area contributed by atoms with Crippen LogP contribution in [0.5, 0.6) is 0 Å². The molecule has 5 rings (SSSR count). The van der Waals surface area contributed by atoms with Crippen molar-refractivity contribution in [3.05, 3.63) is 60.7 Å². The van der Waals surface area contributed by atoms with Gasteiger partial charge in [0.1, 0.15) is 13.3 Å². The molecule has 8 nitrogen and oxygen atoms in total. The molecular formula is C24H34N6O2. The zero-order valence-corrected chi connectivity index (χ0v) is 18.8. The second-order valence-corrected chi connectivity index (χ2v) is 8.51. The molecule has 0 bridgehead atoms. The maximum atomic E-state index is 5.58. The predicted molar refractivity (Wildman–Crippen MR) is 126 cm³/mol. The van der Waals surface area contributed by atoms with E-state index in [1.165, 1.54) is 11.4 Å². The molecule has 0 unspecified atom stereocenters. The Bertz CT molecular complexity index is 744. The number of nitrogens with zero attached hydrogens (tertiary/aromatic N) is 6. The number of benzene rings is 2. The van der Waals surface area contributed by atoms with E-state index >= 15 is 0 Å². The molecule has 2 aromatic carbocycles. The zero-order chi connectivity index (χ0) is 21.6. The summed E-state index contributed by atoms with van der Waals surface area (Å²) in [6.45, 7) is 10.5. The highest BCUT2D eigenvalue weighted by Gasteiger charge is 2.33. The Kier molecular flexibility index (Phi) is 7.17. The van der Waals surface area contributed by atoms with Gasteiger partial charge in [0, 0.05) is 26.2 Å². The second kappa shape index (κ2) is 10.6. The number of hydrazine groups is 2. The largest absolute Gasteiger partial charge is 0.379 e. The van der Waals surface area contributed by atoms with Crippen LogP contribution in [0, 0.1) is 0 Å². The van der Waals surface area contributed by atoms with E-state index in [1.807, 2.05) is 0 Å². The van der Waals surface area contributed by atoms with Gasteiger partial charge in [-0.1, -0.05) is 36.4 Å². The Morgan fingerprint density at radius 2 is 0.906 bits per heavy atom. The van der Waals surface area contributed by atoms with Crippen molar-refractivity contribution in [2.75, 3.05) is 89.3 Å². The molecule has 0 radical (unpaired) electrons. The number of ether oxygens (including phenoxy) is 2. The Hall–Kier alpha value is -2.20. The Labute approximate surface area is 191 Å². The molecule has 32 heavy (non-hydrogen) atoms. The van der Waals surface area contributed by atoms with Gasteiger partial charge in [-0.15, -0.1) is 0 Å². The molecule has 0 spiro atoms. The van der Waals surface area contributed by atoms with Gasteiger partial charge in [0.25, 0.3) is 0 Å². The normalized spacial score (nSPS) is 22.4. The smallest absolute Gasteiger partial charge is 0.106 e. The van der Waals surface area contributed by atoms with E-state index in [9.17, 15) is 0 Å². The molecule has 3 heterocycles. The van der Waals surface area contributed by atoms with E-state index in [4.69, 9.17) is 9.47 Å². The van der Waals surface area contributed by atoms with Crippen molar-refractivity contribution in [2.45, 2.75) is 0 Å². The molecule has 3 saturated heterocycles. The zero-order valence-electron chi connectivity index (χ0n) is 18.8. The summed E-state index contributed by atoms with van der Waals surface area (Å²) >= 11 is 0. The maximum absolute atomic E-state index is 5.58. The molecular weight excluding hydrogens is 404 g/mol. The first-order valence-corrected chi connectivity index (χ1v) is 11.6. The fourth-order valence-electron chi connectivity index (χ4n) is 4.52. The Morgan fingerprint density at radius 1 is 0.531 bits per heavy atom. The van der Waals surface area contributed by atoms with Crippen molar-refractivity contribution < 1.29 is 9.47 Å². The van der Waals surface area contributed by atoms with Crippen LogP contribution in [0.25, 0.3) is 0 Å². The van der Waals surface area contributed by atoms with Gasteiger partial charge in [-0.25, -0.2) is 0 Å². The highest BCUT2D eigenvalue weighted by molar-refractivity contribution is 5.49. The van der Waals surface area contributed by atoms with Gasteiger partial charge >= 0.3 is 0 Å². The highest BCUT2D eigenvalue weighted by atomic mass is 16.5. The molecule has 172 valence electrons. The lowest BCUT2D eigenvalue weighted by atomic mass is 10.3. The standard InChI is InChI=1S/C24H34N6O2/c1-3-7-23(8-4-1)29-21-28(20-26-13-17-32-18-14-26)30(24-9-5-2-6-10-24)22-27(29)19-25-11-15-31-16-12-25/h1-10H,11-22H2. The number of hydrogen-bond donors (Lipinski definition) is 0. The van der Waals surface area contributed by atoms with Crippen LogP contribution in [-0.2, 0) is 9.47 Å². The molecule has 0 amide bonds. The summed E-state index contributed by atoms with van der Waals surface area (Å²) in [4.78, 5) is 4.97. The maximum Gasteiger partial charge on any atom is 0.106 e. The Morgan fingerprint density at radius 3 is 1.28 bits per heavy atom. The summed E-state index contributed by atoms with van der Waals surface area (Å²) < 4.78 is 11.2. The van der Waals surface area contributed by atoms with Crippen LogP contribution in [0.15, 0.2) is 60.7 Å². The lowest BCUT2D eigenvalue weighted by Gasteiger charge is -2.53. The van der Waals surface area contributed by atoms with E-state index in [2.05, 4.69) is 90.5 Å². The van der Waals surface area contributed by atoms with Gasteiger partial charge in [-0.2, -0.15) is 10.0 Å². The van der Waals surface area contributed by atoms with Crippen LogP contribution in [0.1, 0.15) is 0 Å². The van der Waals surface area contributed by atoms with Crippen LogP contribution in [-0.4, -0.2) is 99.1 Å². The number of hydrogen-bond acceptors (Lipinski definition) is 8. The average Bonchev–Trinajstić information content (AvgIpc) is 2.87. The molecule has 0 saturated carbocycles. The molecule has 0 aliphatic carbocycles. The first-order valence-electron chi connectivity index (χ1n) is 11.6. The summed E-state index contributed by atoms with van der Waals surface area (Å²) in [5.74, 6) is 0. The summed E-state index contributed by atoms with van der Waals surface area (Å²) in [5.41, 5.74) is 2.45. The number of morpholine rings is 2. The molecule has 3 aliphatic rings. The fourth-order valence-corrected chi connectivity index (χ4v) is 4.52. The first-order chi connectivity index (χ1) is 15.9. The topological polar surface area (TPSA) is 37.9 Å². The third-order valence-corrected chi connectivity index (χ3v) is 6.32. The van der Waals surface area contributed by atoms with Crippen molar-refractivity contribution in [3.63, 3.8) is 0 Å². The monoisotopic (exact) mass is 438 g/mol. The number of anilines is 2. The van der Waals surface area contributed by atoms with Gasteiger partial charge in [0.2, 0.25) is 0 Å². The summed E-state index contributed by atoms with van der Waals surface area (Å²) in [7, 11) is 0. The average molecular weight is 439 g/mol. The molecule has 0 aromatic heterocycles. The summed E-state index contributed by atoms with van der Waals surface area (Å²) in [6.07, 6.45) is 0. The summed E-state index contributed by atoms with van der Waals surface area (Å²) in [6, 6.07) is 21.5. The van der Waals surface area contributed by atoms with Gasteiger partial charge < -0.3 is 9.47 Å². The predicted octanol–water partition coefficient (Wildman–Crippen LogP) is 1.94. The van der Waals surface area contributed by atoms with Gasteiger partial charge in [-0.3, -0.25) is 19.8 Å². The van der Waals surface area contributed by atoms with Crippen LogP contribution >= 0.6 is 0 Å². The first kappa shape index (κ1) is 21.6. The summed E-state index contributed by atoms with van der Waals surface area (Å²) in [5, 5.41) is 9.78. The van der Waals surface area contributed by atoms with Gasteiger partial charge in [-0.05, 0) is 24.3 Å². The minimum absolute atomic E-state index is 0.792. The molecule has 8 heteroatoms.